The average molecular weight is 334 g/mol. The van der Waals surface area contributed by atoms with Crippen molar-refractivity contribution >= 4 is 22.5 Å². The van der Waals surface area contributed by atoms with Gasteiger partial charge >= 0.3 is 0 Å². The number of carbonyl (C=O) groups excluding carboxylic acids is 1. The highest BCUT2D eigenvalue weighted by molar-refractivity contribution is 5.97. The van der Waals surface area contributed by atoms with Crippen LogP contribution in [0.2, 0.25) is 0 Å². The van der Waals surface area contributed by atoms with Crippen LogP contribution in [-0.2, 0) is 11.2 Å². The Kier molecular flexibility index (Phi) is 4.98. The van der Waals surface area contributed by atoms with E-state index in [0.29, 0.717) is 17.5 Å². The van der Waals surface area contributed by atoms with E-state index in [9.17, 15) is 9.59 Å². The predicted molar refractivity (Wildman–Crippen MR) is 102 cm³/mol. The zero-order valence-corrected chi connectivity index (χ0v) is 14.5. The lowest BCUT2D eigenvalue weighted by Crippen LogP contribution is -2.20. The third-order valence-electron chi connectivity index (χ3n) is 4.46. The maximum absolute atomic E-state index is 12.7. The van der Waals surface area contributed by atoms with E-state index >= 15 is 0 Å². The Morgan fingerprint density at radius 1 is 1.08 bits per heavy atom. The molecule has 3 rings (SSSR count). The number of aryl methyl sites for hydroxylation is 1. The second-order valence-electron chi connectivity index (χ2n) is 6.13. The summed E-state index contributed by atoms with van der Waals surface area (Å²) in [4.78, 5) is 28.2. The van der Waals surface area contributed by atoms with Crippen LogP contribution in [0.4, 0.5) is 5.69 Å². The van der Waals surface area contributed by atoms with Crippen molar-refractivity contribution in [1.29, 1.82) is 0 Å². The number of rotatable bonds is 5. The number of benzene rings is 2. The molecule has 1 atom stereocenters. The number of pyridine rings is 1. The minimum absolute atomic E-state index is 0.0307. The summed E-state index contributed by atoms with van der Waals surface area (Å²) in [5.74, 6) is -0.271. The Balaban J connectivity index is 1.88. The summed E-state index contributed by atoms with van der Waals surface area (Å²) in [6.45, 7) is 3.99. The lowest BCUT2D eigenvalue weighted by atomic mass is 9.95. The Hall–Kier alpha value is -2.88. The van der Waals surface area contributed by atoms with Crippen LogP contribution in [0.1, 0.15) is 37.4 Å². The number of aromatic nitrogens is 1. The highest BCUT2D eigenvalue weighted by Gasteiger charge is 2.18. The van der Waals surface area contributed by atoms with Crippen LogP contribution in [0.25, 0.3) is 10.9 Å². The summed E-state index contributed by atoms with van der Waals surface area (Å²) in [6, 6.07) is 16.8. The van der Waals surface area contributed by atoms with E-state index in [1.54, 1.807) is 12.1 Å². The largest absolute Gasteiger partial charge is 0.358 e. The van der Waals surface area contributed by atoms with Crippen molar-refractivity contribution in [1.82, 2.24) is 4.98 Å². The van der Waals surface area contributed by atoms with Crippen molar-refractivity contribution in [2.45, 2.75) is 32.6 Å². The molecule has 4 nitrogen and oxygen atoms in total. The number of nitrogens with one attached hydrogen (secondary N) is 2. The SMILES string of the molecule is CCc1cc(=O)c2cc(NC(=O)[C@@H](CC)c3ccccc3)ccc2[nH]1. The fourth-order valence-corrected chi connectivity index (χ4v) is 3.06. The molecule has 0 aliphatic heterocycles. The van der Waals surface area contributed by atoms with E-state index in [1.165, 1.54) is 0 Å². The van der Waals surface area contributed by atoms with E-state index in [4.69, 9.17) is 0 Å². The van der Waals surface area contributed by atoms with Crippen LogP contribution >= 0.6 is 0 Å². The fraction of sp³-hybridized carbons (Fsp3) is 0.238. The van der Waals surface area contributed by atoms with Crippen LogP contribution in [-0.4, -0.2) is 10.9 Å². The number of anilines is 1. The summed E-state index contributed by atoms with van der Waals surface area (Å²) >= 11 is 0. The van der Waals surface area contributed by atoms with Crippen molar-refractivity contribution in [2.75, 3.05) is 5.32 Å². The second-order valence-corrected chi connectivity index (χ2v) is 6.13. The van der Waals surface area contributed by atoms with E-state index < -0.39 is 0 Å². The van der Waals surface area contributed by atoms with Gasteiger partial charge in [-0.1, -0.05) is 44.2 Å². The van der Waals surface area contributed by atoms with Crippen molar-refractivity contribution in [3.05, 3.63) is 76.1 Å². The summed E-state index contributed by atoms with van der Waals surface area (Å²) in [5, 5.41) is 3.53. The molecular weight excluding hydrogens is 312 g/mol. The van der Waals surface area contributed by atoms with Crippen LogP contribution in [0.5, 0.6) is 0 Å². The first kappa shape index (κ1) is 17.0. The van der Waals surface area contributed by atoms with Crippen molar-refractivity contribution in [3.8, 4) is 0 Å². The van der Waals surface area contributed by atoms with Gasteiger partial charge in [0.2, 0.25) is 5.91 Å². The minimum atomic E-state index is -0.211. The topological polar surface area (TPSA) is 62.0 Å². The highest BCUT2D eigenvalue weighted by Crippen LogP contribution is 2.22. The minimum Gasteiger partial charge on any atom is -0.358 e. The lowest BCUT2D eigenvalue weighted by molar-refractivity contribution is -0.117. The zero-order chi connectivity index (χ0) is 17.8. The molecule has 1 amide bonds. The maximum Gasteiger partial charge on any atom is 0.231 e. The van der Waals surface area contributed by atoms with Gasteiger partial charge in [0.25, 0.3) is 0 Å². The summed E-state index contributed by atoms with van der Waals surface area (Å²) in [6.07, 6.45) is 1.49. The second kappa shape index (κ2) is 7.34. The van der Waals surface area contributed by atoms with Crippen LogP contribution < -0.4 is 10.7 Å². The molecule has 1 aromatic heterocycles. The molecule has 0 radical (unpaired) electrons. The Labute approximate surface area is 146 Å². The fourth-order valence-electron chi connectivity index (χ4n) is 3.06. The van der Waals surface area contributed by atoms with E-state index in [2.05, 4.69) is 10.3 Å². The van der Waals surface area contributed by atoms with Crippen molar-refractivity contribution in [3.63, 3.8) is 0 Å². The van der Waals surface area contributed by atoms with E-state index in [0.717, 1.165) is 23.2 Å². The number of hydrogen-bond donors (Lipinski definition) is 2. The van der Waals surface area contributed by atoms with Gasteiger partial charge in [-0.3, -0.25) is 9.59 Å². The lowest BCUT2D eigenvalue weighted by Gasteiger charge is -2.15. The first-order chi connectivity index (χ1) is 12.1. The van der Waals surface area contributed by atoms with Crippen LogP contribution in [0.15, 0.2) is 59.4 Å². The van der Waals surface area contributed by atoms with Gasteiger partial charge < -0.3 is 10.3 Å². The molecule has 0 spiro atoms. The molecule has 0 fully saturated rings. The Morgan fingerprint density at radius 3 is 2.52 bits per heavy atom. The highest BCUT2D eigenvalue weighted by atomic mass is 16.1. The third-order valence-corrected chi connectivity index (χ3v) is 4.46. The standard InChI is InChI=1S/C21H22N2O2/c1-3-15-13-20(24)18-12-16(10-11-19(18)22-15)23-21(25)17(4-2)14-8-6-5-7-9-14/h5-13,17H,3-4H2,1-2H3,(H,22,24)(H,23,25)/t17-/m0/s1. The molecule has 0 bridgehead atoms. The quantitative estimate of drug-likeness (QED) is 0.734. The zero-order valence-electron chi connectivity index (χ0n) is 14.5. The average Bonchev–Trinajstić information content (AvgIpc) is 2.63. The molecule has 4 heteroatoms. The normalized spacial score (nSPS) is 12.1. The molecule has 2 aromatic carbocycles. The molecule has 0 saturated heterocycles. The van der Waals surface area contributed by atoms with Gasteiger partial charge in [-0.15, -0.1) is 0 Å². The number of amides is 1. The molecule has 0 saturated carbocycles. The Bertz CT molecular complexity index is 945. The van der Waals surface area contributed by atoms with Gasteiger partial charge in [0.05, 0.1) is 5.92 Å². The molecule has 0 unspecified atom stereocenters. The molecular formula is C21H22N2O2. The third kappa shape index (κ3) is 3.63. The van der Waals surface area contributed by atoms with Gasteiger partial charge in [-0.25, -0.2) is 0 Å². The number of fused-ring (bicyclic) bond motifs is 1. The number of hydrogen-bond acceptors (Lipinski definition) is 2. The number of H-pyrrole nitrogens is 1. The van der Waals surface area contributed by atoms with Gasteiger partial charge in [0.15, 0.2) is 5.43 Å². The molecule has 0 aliphatic rings. The first-order valence-corrected chi connectivity index (χ1v) is 8.64. The van der Waals surface area contributed by atoms with Crippen molar-refractivity contribution < 1.29 is 4.79 Å². The van der Waals surface area contributed by atoms with Gasteiger partial charge in [0.1, 0.15) is 0 Å². The number of aromatic amines is 1. The molecule has 25 heavy (non-hydrogen) atoms. The van der Waals surface area contributed by atoms with E-state index in [-0.39, 0.29) is 17.3 Å². The molecule has 1 heterocycles. The first-order valence-electron chi connectivity index (χ1n) is 8.64. The molecule has 0 aliphatic carbocycles. The molecule has 3 aromatic rings. The smallest absolute Gasteiger partial charge is 0.231 e. The van der Waals surface area contributed by atoms with Gasteiger partial charge in [0, 0.05) is 28.4 Å². The molecule has 2 N–H and O–H groups in total. The monoisotopic (exact) mass is 334 g/mol. The van der Waals surface area contributed by atoms with Crippen LogP contribution in [0, 0.1) is 0 Å². The predicted octanol–water partition coefficient (Wildman–Crippen LogP) is 4.22. The van der Waals surface area contributed by atoms with Crippen LogP contribution in [0.3, 0.4) is 0 Å². The summed E-state index contributed by atoms with van der Waals surface area (Å²) in [5.41, 5.74) is 3.30. The van der Waals surface area contributed by atoms with Gasteiger partial charge in [-0.2, -0.15) is 0 Å². The number of carbonyl (C=O) groups is 1. The van der Waals surface area contributed by atoms with Crippen molar-refractivity contribution in [2.24, 2.45) is 0 Å². The maximum atomic E-state index is 12.7. The summed E-state index contributed by atoms with van der Waals surface area (Å²) in [7, 11) is 0. The van der Waals surface area contributed by atoms with Gasteiger partial charge in [-0.05, 0) is 36.6 Å². The molecule has 128 valence electrons. The van der Waals surface area contributed by atoms with E-state index in [1.807, 2.05) is 56.3 Å². The summed E-state index contributed by atoms with van der Waals surface area (Å²) < 4.78 is 0. The Morgan fingerprint density at radius 2 is 1.84 bits per heavy atom.